The number of hydrogen-bond acceptors (Lipinski definition) is 6. The minimum absolute atomic E-state index is 0.0294. The summed E-state index contributed by atoms with van der Waals surface area (Å²) in [6.07, 6.45) is 1.79. The van der Waals surface area contributed by atoms with E-state index >= 15 is 0 Å². The van der Waals surface area contributed by atoms with E-state index in [4.69, 9.17) is 9.47 Å². The molecule has 0 spiro atoms. The summed E-state index contributed by atoms with van der Waals surface area (Å²) in [6, 6.07) is 8.09. The van der Waals surface area contributed by atoms with E-state index in [9.17, 15) is 0 Å². The smallest absolute Gasteiger partial charge is 0.231 e. The van der Waals surface area contributed by atoms with Gasteiger partial charge in [0.05, 0.1) is 5.69 Å². The maximum Gasteiger partial charge on any atom is 0.231 e. The zero-order chi connectivity index (χ0) is 17.2. The van der Waals surface area contributed by atoms with Crippen molar-refractivity contribution in [3.05, 3.63) is 41.7 Å². The summed E-state index contributed by atoms with van der Waals surface area (Å²) in [5, 5.41) is 3.49. The molecule has 0 bridgehead atoms. The van der Waals surface area contributed by atoms with Crippen LogP contribution in [0.3, 0.4) is 0 Å². The first-order valence-electron chi connectivity index (χ1n) is 8.06. The molecule has 0 radical (unpaired) electrons. The molecule has 0 saturated carbocycles. The maximum atomic E-state index is 5.48. The number of nitrogens with zero attached hydrogens (tertiary/aromatic N) is 3. The van der Waals surface area contributed by atoms with E-state index in [2.05, 4.69) is 41.3 Å². The first-order valence-corrected chi connectivity index (χ1v) is 8.06. The van der Waals surface area contributed by atoms with Crippen molar-refractivity contribution in [2.24, 2.45) is 0 Å². The topological polar surface area (TPSA) is 59.5 Å². The molecule has 0 atom stereocenters. The second kappa shape index (κ2) is 6.65. The van der Waals surface area contributed by atoms with Crippen LogP contribution >= 0.6 is 0 Å². The van der Waals surface area contributed by atoms with E-state index in [0.29, 0.717) is 13.3 Å². The monoisotopic (exact) mass is 328 g/mol. The number of ether oxygens (including phenoxy) is 2. The van der Waals surface area contributed by atoms with Gasteiger partial charge in [0.15, 0.2) is 11.5 Å². The standard InChI is InChI=1S/C18H24N4O2/c1-18(2,13-5-6-15-16(9-13)24-12-23-15)11-19-10-14-7-8-20-17(21-14)22(3)4/h5-9,19H,10-12H2,1-4H3. The highest BCUT2D eigenvalue weighted by molar-refractivity contribution is 5.46. The Morgan fingerprint density at radius 2 is 1.96 bits per heavy atom. The van der Waals surface area contributed by atoms with E-state index in [1.165, 1.54) is 5.56 Å². The third kappa shape index (κ3) is 3.59. The quantitative estimate of drug-likeness (QED) is 0.878. The minimum Gasteiger partial charge on any atom is -0.454 e. The van der Waals surface area contributed by atoms with E-state index < -0.39 is 0 Å². The Balaban J connectivity index is 1.62. The lowest BCUT2D eigenvalue weighted by atomic mass is 9.84. The number of fused-ring (bicyclic) bond motifs is 1. The second-order valence-electron chi connectivity index (χ2n) is 6.80. The van der Waals surface area contributed by atoms with Crippen LogP contribution in [0.15, 0.2) is 30.5 Å². The Labute approximate surface area is 142 Å². The van der Waals surface area contributed by atoms with Gasteiger partial charge in [-0.3, -0.25) is 0 Å². The van der Waals surface area contributed by atoms with E-state index in [1.54, 1.807) is 6.20 Å². The summed E-state index contributed by atoms with van der Waals surface area (Å²) in [6.45, 7) is 6.26. The van der Waals surface area contributed by atoms with Crippen molar-refractivity contribution in [1.29, 1.82) is 0 Å². The molecule has 6 nitrogen and oxygen atoms in total. The number of rotatable bonds is 6. The van der Waals surface area contributed by atoms with Gasteiger partial charge in [-0.15, -0.1) is 0 Å². The van der Waals surface area contributed by atoms with Crippen LogP contribution in [0.1, 0.15) is 25.1 Å². The molecule has 2 heterocycles. The SMILES string of the molecule is CN(C)c1nccc(CNCC(C)(C)c2ccc3c(c2)OCO3)n1. The molecule has 0 aliphatic carbocycles. The molecule has 1 N–H and O–H groups in total. The van der Waals surface area contributed by atoms with Gasteiger partial charge in [0, 0.05) is 38.8 Å². The van der Waals surface area contributed by atoms with Crippen molar-refractivity contribution in [3.8, 4) is 11.5 Å². The number of benzene rings is 1. The highest BCUT2D eigenvalue weighted by Gasteiger charge is 2.23. The fourth-order valence-corrected chi connectivity index (χ4v) is 2.62. The Kier molecular flexibility index (Phi) is 4.57. The fourth-order valence-electron chi connectivity index (χ4n) is 2.62. The largest absolute Gasteiger partial charge is 0.454 e. The van der Waals surface area contributed by atoms with Gasteiger partial charge in [0.1, 0.15) is 0 Å². The molecule has 0 amide bonds. The van der Waals surface area contributed by atoms with Crippen molar-refractivity contribution in [2.75, 3.05) is 32.3 Å². The van der Waals surface area contributed by atoms with Gasteiger partial charge in [0.25, 0.3) is 0 Å². The Morgan fingerprint density at radius 1 is 1.17 bits per heavy atom. The van der Waals surface area contributed by atoms with Gasteiger partial charge < -0.3 is 19.7 Å². The molecule has 3 rings (SSSR count). The van der Waals surface area contributed by atoms with E-state index in [1.807, 2.05) is 31.1 Å². The first kappa shape index (κ1) is 16.5. The first-order chi connectivity index (χ1) is 11.5. The Morgan fingerprint density at radius 3 is 2.75 bits per heavy atom. The predicted octanol–water partition coefficient (Wildman–Crippen LogP) is 2.34. The third-order valence-electron chi connectivity index (χ3n) is 4.13. The van der Waals surface area contributed by atoms with Crippen LogP contribution in [0.2, 0.25) is 0 Å². The predicted molar refractivity (Wildman–Crippen MR) is 93.7 cm³/mol. The molecule has 0 unspecified atom stereocenters. The van der Waals surface area contributed by atoms with Gasteiger partial charge in [0.2, 0.25) is 12.7 Å². The molecule has 0 saturated heterocycles. The van der Waals surface area contributed by atoms with E-state index in [-0.39, 0.29) is 5.41 Å². The minimum atomic E-state index is -0.0294. The van der Waals surface area contributed by atoms with Crippen molar-refractivity contribution in [3.63, 3.8) is 0 Å². The van der Waals surface area contributed by atoms with Gasteiger partial charge in [-0.25, -0.2) is 9.97 Å². The Hall–Kier alpha value is -2.34. The highest BCUT2D eigenvalue weighted by Crippen LogP contribution is 2.36. The summed E-state index contributed by atoms with van der Waals surface area (Å²) in [5.74, 6) is 2.37. The summed E-state index contributed by atoms with van der Waals surface area (Å²) in [4.78, 5) is 10.7. The van der Waals surface area contributed by atoms with Crippen LogP contribution in [0.5, 0.6) is 11.5 Å². The summed E-state index contributed by atoms with van der Waals surface area (Å²) >= 11 is 0. The Bertz CT molecular complexity index is 716. The molecule has 2 aromatic rings. The number of nitrogens with one attached hydrogen (secondary N) is 1. The van der Waals surface area contributed by atoms with Crippen molar-refractivity contribution < 1.29 is 9.47 Å². The van der Waals surface area contributed by atoms with Crippen LogP contribution < -0.4 is 19.7 Å². The molecule has 6 heteroatoms. The normalized spacial score (nSPS) is 13.2. The lowest BCUT2D eigenvalue weighted by Crippen LogP contribution is -2.33. The van der Waals surface area contributed by atoms with Gasteiger partial charge in [-0.2, -0.15) is 0 Å². The molecule has 1 aromatic carbocycles. The molecule has 128 valence electrons. The zero-order valence-corrected chi connectivity index (χ0v) is 14.7. The molecular weight excluding hydrogens is 304 g/mol. The lowest BCUT2D eigenvalue weighted by molar-refractivity contribution is 0.174. The number of hydrogen-bond donors (Lipinski definition) is 1. The molecule has 1 aliphatic rings. The summed E-state index contributed by atoms with van der Waals surface area (Å²) < 4.78 is 10.9. The van der Waals surface area contributed by atoms with Crippen LogP contribution in [-0.2, 0) is 12.0 Å². The number of anilines is 1. The zero-order valence-electron chi connectivity index (χ0n) is 14.7. The van der Waals surface area contributed by atoms with Crippen molar-refractivity contribution in [1.82, 2.24) is 15.3 Å². The van der Waals surface area contributed by atoms with Crippen LogP contribution in [-0.4, -0.2) is 37.4 Å². The third-order valence-corrected chi connectivity index (χ3v) is 4.13. The van der Waals surface area contributed by atoms with Crippen LogP contribution in [0, 0.1) is 0 Å². The second-order valence-corrected chi connectivity index (χ2v) is 6.80. The van der Waals surface area contributed by atoms with Crippen molar-refractivity contribution in [2.45, 2.75) is 25.8 Å². The fraction of sp³-hybridized carbons (Fsp3) is 0.444. The molecule has 1 aromatic heterocycles. The van der Waals surface area contributed by atoms with Gasteiger partial charge in [-0.1, -0.05) is 19.9 Å². The van der Waals surface area contributed by atoms with Gasteiger partial charge in [-0.05, 0) is 23.8 Å². The van der Waals surface area contributed by atoms with Gasteiger partial charge >= 0.3 is 0 Å². The highest BCUT2D eigenvalue weighted by atomic mass is 16.7. The molecule has 24 heavy (non-hydrogen) atoms. The lowest BCUT2D eigenvalue weighted by Gasteiger charge is -2.26. The van der Waals surface area contributed by atoms with E-state index in [0.717, 1.165) is 29.7 Å². The molecule has 0 fully saturated rings. The van der Waals surface area contributed by atoms with Crippen molar-refractivity contribution >= 4 is 5.95 Å². The average molecular weight is 328 g/mol. The maximum absolute atomic E-state index is 5.48. The molecular formula is C18H24N4O2. The summed E-state index contributed by atoms with van der Waals surface area (Å²) in [5.41, 5.74) is 2.17. The van der Waals surface area contributed by atoms with Crippen LogP contribution in [0.4, 0.5) is 5.95 Å². The average Bonchev–Trinajstić information content (AvgIpc) is 3.02. The summed E-state index contributed by atoms with van der Waals surface area (Å²) in [7, 11) is 3.88. The van der Waals surface area contributed by atoms with Crippen LogP contribution in [0.25, 0.3) is 0 Å². The molecule has 1 aliphatic heterocycles. The number of aromatic nitrogens is 2.